The van der Waals surface area contributed by atoms with Crippen LogP contribution in [0.1, 0.15) is 38.2 Å². The predicted molar refractivity (Wildman–Crippen MR) is 142 cm³/mol. The van der Waals surface area contributed by atoms with E-state index in [1.54, 1.807) is 0 Å². The molecule has 1 amide bonds. The number of amides is 1. The summed E-state index contributed by atoms with van der Waals surface area (Å²) >= 11 is 1.94. The topological polar surface area (TPSA) is 67.2 Å². The molecule has 4 rings (SSSR count). The summed E-state index contributed by atoms with van der Waals surface area (Å²) in [5.41, 5.74) is 2.59. The van der Waals surface area contributed by atoms with Gasteiger partial charge in [-0.1, -0.05) is 49.4 Å². The molecule has 7 heteroatoms. The maximum atomic E-state index is 13.6. The number of hydrogen-bond donors (Lipinski definition) is 1. The summed E-state index contributed by atoms with van der Waals surface area (Å²) in [7, 11) is 0. The molecular weight excluding hydrogens is 444 g/mol. The smallest absolute Gasteiger partial charge is 0.294 e. The maximum absolute atomic E-state index is 13.6. The number of rotatable bonds is 10. The van der Waals surface area contributed by atoms with Gasteiger partial charge in [-0.3, -0.25) is 14.2 Å². The number of fused-ring (bicyclic) bond motifs is 1. The van der Waals surface area contributed by atoms with E-state index in [1.165, 1.54) is 12.2 Å². The van der Waals surface area contributed by atoms with Crippen molar-refractivity contribution in [3.8, 4) is 0 Å². The standard InChI is InChI=1S/C27H34N4O2S/c1-2-17-34-18-9-15-28-26(32)22-12-8-16-30(20-22)25-27(33)31(19-21-10-4-3-5-11-21)24-14-7-6-13-23(24)29-25/h3-7,10-11,13-14,22H,2,8-9,12,15-20H2,1H3,(H,28,32)/t22-/m1/s1. The van der Waals surface area contributed by atoms with Crippen LogP contribution in [0.3, 0.4) is 0 Å². The molecule has 0 bridgehead atoms. The van der Waals surface area contributed by atoms with Gasteiger partial charge in [-0.15, -0.1) is 0 Å². The minimum Gasteiger partial charge on any atom is -0.356 e. The lowest BCUT2D eigenvalue weighted by molar-refractivity contribution is -0.125. The van der Waals surface area contributed by atoms with E-state index in [9.17, 15) is 9.59 Å². The van der Waals surface area contributed by atoms with Gasteiger partial charge >= 0.3 is 0 Å². The van der Waals surface area contributed by atoms with E-state index in [4.69, 9.17) is 4.98 Å². The summed E-state index contributed by atoms with van der Waals surface area (Å²) < 4.78 is 1.81. The normalized spacial score (nSPS) is 16.0. The molecule has 1 aliphatic rings. The van der Waals surface area contributed by atoms with Gasteiger partial charge in [0, 0.05) is 19.6 Å². The van der Waals surface area contributed by atoms with Crippen molar-refractivity contribution >= 4 is 34.5 Å². The highest BCUT2D eigenvalue weighted by Crippen LogP contribution is 2.22. The number of nitrogens with zero attached hydrogens (tertiary/aromatic N) is 3. The third kappa shape index (κ3) is 6.00. The van der Waals surface area contributed by atoms with Gasteiger partial charge in [0.05, 0.1) is 23.5 Å². The second-order valence-corrected chi connectivity index (χ2v) is 10.1. The first-order valence-electron chi connectivity index (χ1n) is 12.3. The summed E-state index contributed by atoms with van der Waals surface area (Å²) in [4.78, 5) is 33.2. The molecule has 0 unspecified atom stereocenters. The fraction of sp³-hybridized carbons (Fsp3) is 0.444. The Balaban J connectivity index is 1.51. The Kier molecular flexibility index (Phi) is 8.63. The number of carbonyl (C=O) groups excluding carboxylic acids is 1. The van der Waals surface area contributed by atoms with E-state index in [1.807, 2.05) is 75.8 Å². The lowest BCUT2D eigenvalue weighted by atomic mass is 9.97. The maximum Gasteiger partial charge on any atom is 0.294 e. The molecular formula is C27H34N4O2S. The molecule has 34 heavy (non-hydrogen) atoms. The molecule has 0 aliphatic carbocycles. The Morgan fingerprint density at radius 2 is 1.91 bits per heavy atom. The van der Waals surface area contributed by atoms with E-state index in [-0.39, 0.29) is 17.4 Å². The number of carbonyl (C=O) groups is 1. The minimum absolute atomic E-state index is 0.0931. The van der Waals surface area contributed by atoms with Crippen molar-refractivity contribution in [2.45, 2.75) is 39.2 Å². The molecule has 0 radical (unpaired) electrons. The molecule has 3 aromatic rings. The number of benzene rings is 2. The average Bonchev–Trinajstić information content (AvgIpc) is 2.88. The van der Waals surface area contributed by atoms with Crippen molar-refractivity contribution in [3.05, 3.63) is 70.5 Å². The third-order valence-electron chi connectivity index (χ3n) is 6.22. The van der Waals surface area contributed by atoms with Crippen molar-refractivity contribution in [3.63, 3.8) is 0 Å². The highest BCUT2D eigenvalue weighted by Gasteiger charge is 2.28. The molecule has 1 aliphatic heterocycles. The predicted octanol–water partition coefficient (Wildman–Crippen LogP) is 4.31. The highest BCUT2D eigenvalue weighted by atomic mass is 32.2. The lowest BCUT2D eigenvalue weighted by Crippen LogP contribution is -2.45. The number of nitrogens with one attached hydrogen (secondary N) is 1. The third-order valence-corrected chi connectivity index (χ3v) is 7.50. The van der Waals surface area contributed by atoms with Crippen LogP contribution in [0, 0.1) is 5.92 Å². The van der Waals surface area contributed by atoms with Crippen LogP contribution >= 0.6 is 11.8 Å². The minimum atomic E-state index is -0.118. The van der Waals surface area contributed by atoms with E-state index >= 15 is 0 Å². The van der Waals surface area contributed by atoms with Crippen LogP contribution in [0.5, 0.6) is 0 Å². The van der Waals surface area contributed by atoms with Gasteiger partial charge in [0.15, 0.2) is 5.82 Å². The van der Waals surface area contributed by atoms with Gasteiger partial charge < -0.3 is 10.2 Å². The Bertz CT molecular complexity index is 1150. The van der Waals surface area contributed by atoms with Crippen molar-refractivity contribution < 1.29 is 4.79 Å². The van der Waals surface area contributed by atoms with Gasteiger partial charge in [-0.2, -0.15) is 11.8 Å². The molecule has 2 aromatic carbocycles. The summed E-state index contributed by atoms with van der Waals surface area (Å²) in [5.74, 6) is 2.67. The summed E-state index contributed by atoms with van der Waals surface area (Å²) in [5, 5.41) is 3.11. The first-order valence-corrected chi connectivity index (χ1v) is 13.5. The van der Waals surface area contributed by atoms with Crippen molar-refractivity contribution in [2.24, 2.45) is 5.92 Å². The summed E-state index contributed by atoms with van der Waals surface area (Å²) in [6.07, 6.45) is 3.89. The molecule has 0 saturated carbocycles. The van der Waals surface area contributed by atoms with Crippen LogP contribution in [0.4, 0.5) is 5.82 Å². The van der Waals surface area contributed by atoms with Crippen LogP contribution < -0.4 is 15.8 Å². The van der Waals surface area contributed by atoms with E-state index in [0.29, 0.717) is 25.5 Å². The fourth-order valence-corrected chi connectivity index (χ4v) is 5.31. The van der Waals surface area contributed by atoms with E-state index in [2.05, 4.69) is 12.2 Å². The SMILES string of the molecule is CCCSCCCNC(=O)[C@@H]1CCCN(c2nc3ccccc3n(Cc3ccccc3)c2=O)C1. The average molecular weight is 479 g/mol. The van der Waals surface area contributed by atoms with Crippen LogP contribution in [0.2, 0.25) is 0 Å². The molecule has 180 valence electrons. The van der Waals surface area contributed by atoms with Crippen LogP contribution in [0.25, 0.3) is 11.0 Å². The molecule has 1 fully saturated rings. The monoisotopic (exact) mass is 478 g/mol. The molecule has 2 heterocycles. The second-order valence-electron chi connectivity index (χ2n) is 8.84. The number of hydrogen-bond acceptors (Lipinski definition) is 5. The van der Waals surface area contributed by atoms with Gasteiger partial charge in [0.2, 0.25) is 5.91 Å². The van der Waals surface area contributed by atoms with Crippen molar-refractivity contribution in [2.75, 3.05) is 36.0 Å². The molecule has 6 nitrogen and oxygen atoms in total. The summed E-state index contributed by atoms with van der Waals surface area (Å²) in [6.45, 7) is 4.66. The van der Waals surface area contributed by atoms with Gasteiger partial charge in [-0.25, -0.2) is 4.98 Å². The van der Waals surface area contributed by atoms with Crippen LogP contribution in [-0.4, -0.2) is 46.6 Å². The van der Waals surface area contributed by atoms with Crippen molar-refractivity contribution in [1.29, 1.82) is 0 Å². The molecule has 1 saturated heterocycles. The molecule has 1 aromatic heterocycles. The number of thioether (sulfide) groups is 1. The number of para-hydroxylation sites is 2. The number of aromatic nitrogens is 2. The quantitative estimate of drug-likeness (QED) is 0.440. The largest absolute Gasteiger partial charge is 0.356 e. The van der Waals surface area contributed by atoms with E-state index in [0.717, 1.165) is 48.2 Å². The van der Waals surface area contributed by atoms with Crippen molar-refractivity contribution in [1.82, 2.24) is 14.9 Å². The first-order chi connectivity index (χ1) is 16.7. The van der Waals surface area contributed by atoms with Crippen LogP contribution in [-0.2, 0) is 11.3 Å². The first kappa shape index (κ1) is 24.3. The summed E-state index contributed by atoms with van der Waals surface area (Å²) in [6, 6.07) is 17.8. The zero-order valence-corrected chi connectivity index (χ0v) is 20.7. The number of anilines is 1. The molecule has 0 spiro atoms. The number of piperidine rings is 1. The van der Waals surface area contributed by atoms with Gasteiger partial charge in [0.25, 0.3) is 5.56 Å². The van der Waals surface area contributed by atoms with E-state index < -0.39 is 0 Å². The fourth-order valence-electron chi connectivity index (χ4n) is 4.47. The Morgan fingerprint density at radius 3 is 2.74 bits per heavy atom. The highest BCUT2D eigenvalue weighted by molar-refractivity contribution is 7.99. The van der Waals surface area contributed by atoms with Gasteiger partial charge in [-0.05, 0) is 54.9 Å². The Hall–Kier alpha value is -2.80. The van der Waals surface area contributed by atoms with Crippen LogP contribution in [0.15, 0.2) is 59.4 Å². The van der Waals surface area contributed by atoms with Gasteiger partial charge in [0.1, 0.15) is 0 Å². The molecule has 1 N–H and O–H groups in total. The Labute approximate surface area is 205 Å². The molecule has 1 atom stereocenters. The second kappa shape index (κ2) is 12.1. The lowest BCUT2D eigenvalue weighted by Gasteiger charge is -2.32. The Morgan fingerprint density at radius 1 is 1.12 bits per heavy atom. The zero-order valence-electron chi connectivity index (χ0n) is 19.9. The zero-order chi connectivity index (χ0) is 23.8.